The van der Waals surface area contributed by atoms with Crippen LogP contribution in [0.4, 0.5) is 0 Å². The summed E-state index contributed by atoms with van der Waals surface area (Å²) in [5, 5.41) is 0. The minimum absolute atomic E-state index is 0.500. The van der Waals surface area contributed by atoms with Crippen molar-refractivity contribution in [3.8, 4) is 0 Å². The molecule has 1 radical (unpaired) electrons. The first kappa shape index (κ1) is 2.93. The van der Waals surface area contributed by atoms with Gasteiger partial charge in [-0.3, -0.25) is 0 Å². The van der Waals surface area contributed by atoms with Gasteiger partial charge in [0, 0.05) is 0 Å². The fraction of sp³-hybridized carbons (Fsp3) is 0. The molecule has 0 unspecified atom stereocenters. The summed E-state index contributed by atoms with van der Waals surface area (Å²) in [6.07, 6.45) is 0. The number of hydrogen-bond donors (Lipinski definition) is 1. The molecule has 0 aromatic carbocycles. The van der Waals surface area contributed by atoms with E-state index >= 15 is 0 Å². The number of rotatable bonds is 0. The van der Waals surface area contributed by atoms with Gasteiger partial charge in [0.2, 0.25) is 0 Å². The molecule has 0 bridgehead atoms. The summed E-state index contributed by atoms with van der Waals surface area (Å²) in [5.74, 6) is 0. The molecule has 0 aliphatic rings. The van der Waals surface area contributed by atoms with Gasteiger partial charge < -0.3 is 0 Å². The molecule has 0 heterocycles. The van der Waals surface area contributed by atoms with Crippen LogP contribution in [-0.4, -0.2) is 11.0 Å². The molecule has 1 N–H and O–H groups in total. The van der Waals surface area contributed by atoms with Gasteiger partial charge in [-0.15, -0.1) is 0 Å². The fourth-order valence-corrected chi connectivity index (χ4v) is 0. The molecule has 0 aromatic rings. The van der Waals surface area contributed by atoms with Gasteiger partial charge >= 0.3 is 32.5 Å². The number of nitrogens with one attached hydrogen (secondary N) is 1. The first-order valence-corrected chi connectivity index (χ1v) is 4.24. The Morgan fingerprint density at radius 3 is 2.50 bits per heavy atom. The third-order valence-corrected chi connectivity index (χ3v) is 0. The van der Waals surface area contributed by atoms with Crippen LogP contribution in [0, 0.1) is 30.3 Å². The van der Waals surface area contributed by atoms with E-state index in [1.54, 1.807) is 0 Å². The van der Waals surface area contributed by atoms with E-state index in [-0.39, 0.29) is 0 Å². The van der Waals surface area contributed by atoms with Gasteiger partial charge in [0.25, 0.3) is 0 Å². The summed E-state index contributed by atoms with van der Waals surface area (Å²) >= 11 is -2.01. The van der Waals surface area contributed by atoms with Crippen LogP contribution >= 0.6 is 0 Å². The van der Waals surface area contributed by atoms with Gasteiger partial charge in [0.1, 0.15) is 0 Å². The predicted octanol–water partition coefficient (Wildman–Crippen LogP) is -0.737. The van der Waals surface area contributed by atoms with Gasteiger partial charge in [-0.2, -0.15) is 0 Å². The van der Waals surface area contributed by atoms with Crippen molar-refractivity contribution in [1.82, 2.24) is 0 Å². The van der Waals surface area contributed by atoms with Crippen molar-refractivity contribution in [2.75, 3.05) is 0 Å². The van der Waals surface area contributed by atoms with Gasteiger partial charge in [-0.05, 0) is 2.67 Å². The zero-order valence-electron chi connectivity index (χ0n) is 3.99. The molecule has 0 saturated carbocycles. The molecule has 0 rings (SSSR count). The third kappa shape index (κ3) is 15.6. The Kier molecular flexibility index (Phi) is 6.82. The molecule has 0 saturated heterocycles. The Bertz CT molecular complexity index is 42.8. The van der Waals surface area contributed by atoms with E-state index in [1.807, 2.05) is 0 Å². The summed E-state index contributed by atoms with van der Waals surface area (Å²) in [6, 6.07) is 0. The van der Waals surface area contributed by atoms with E-state index in [0.29, 0.717) is 8.34 Å². The number of hydrogen-bond acceptors (Lipinski definition) is 2. The van der Waals surface area contributed by atoms with Crippen molar-refractivity contribution in [3.63, 3.8) is 0 Å². The molecule has 0 amide bonds. The molecular formula is H3BNOU. The Balaban J connectivity index is 0. The summed E-state index contributed by atoms with van der Waals surface area (Å²) in [6.45, 7) is 0. The fourth-order valence-electron chi connectivity index (χ4n) is 0. The molecule has 4 heavy (non-hydrogen) atoms. The van der Waals surface area contributed by atoms with E-state index in [4.69, 9.17) is 7.58 Å². The summed E-state index contributed by atoms with van der Waals surface area (Å²) < 4.78 is 26.2. The minimum atomic E-state index is -2.01. The molecule has 2 nitrogen and oxygen atoms in total. The Morgan fingerprint density at radius 1 is 2.50 bits per heavy atom. The molecule has 0 spiro atoms. The SMILES string of the molecule is [3H][B][3H].[NH]=[U]=[O]. The van der Waals surface area contributed by atoms with Crippen LogP contribution in [0.3, 0.4) is 0 Å². The maximum absolute atomic E-state index is 8.81. The summed E-state index contributed by atoms with van der Waals surface area (Å²) in [4.78, 5) is 0. The molecule has 0 fully saturated rings. The van der Waals surface area contributed by atoms with Crippen molar-refractivity contribution in [2.45, 2.75) is 0 Å². The Morgan fingerprint density at radius 2 is 2.50 bits per heavy atom. The normalized spacial score (nSPS) is 6.00. The van der Waals surface area contributed by atoms with Crippen LogP contribution in [0.2, 0.25) is 0 Å². The molecule has 0 aromatic heterocycles. The summed E-state index contributed by atoms with van der Waals surface area (Å²) in [7, 11) is 0.500. The van der Waals surface area contributed by atoms with Gasteiger partial charge in [0.15, 0.2) is 0 Å². The maximum atomic E-state index is 8.81. The van der Waals surface area contributed by atoms with Crippen LogP contribution in [0.5, 0.6) is 0 Å². The van der Waals surface area contributed by atoms with E-state index in [2.05, 4.69) is 0 Å². The second-order valence-electron chi connectivity index (χ2n) is 0.102. The Hall–Kier alpha value is 0.717. The zero-order valence-corrected chi connectivity index (χ0v) is 6.15. The molecule has 0 atom stereocenters. The third-order valence-electron chi connectivity index (χ3n) is 0. The first-order valence-electron chi connectivity index (χ1n) is 1.61. The van der Waals surface area contributed by atoms with E-state index in [0.717, 1.165) is 0 Å². The van der Waals surface area contributed by atoms with Gasteiger partial charge in [-0.1, -0.05) is 0 Å². The molecule has 0 aliphatic heterocycles. The Labute approximate surface area is 43.7 Å². The second kappa shape index (κ2) is 9.31. The van der Waals surface area contributed by atoms with Crippen LogP contribution < -0.4 is 0 Å². The van der Waals surface area contributed by atoms with Crippen molar-refractivity contribution in [2.24, 2.45) is 0 Å². The quantitative estimate of drug-likeness (QED) is 0.586. The van der Waals surface area contributed by atoms with Crippen molar-refractivity contribution in [3.05, 3.63) is 0 Å². The van der Waals surface area contributed by atoms with Crippen LogP contribution in [0.25, 0.3) is 0 Å². The monoisotopic (exact) mass is 286 g/mol. The predicted molar refractivity (Wildman–Crippen MR) is 12.0 cm³/mol. The van der Waals surface area contributed by atoms with Crippen LogP contribution in [0.15, 0.2) is 0 Å². The van der Waals surface area contributed by atoms with E-state index in [9.17, 15) is 0 Å². The van der Waals surface area contributed by atoms with Crippen molar-refractivity contribution >= 4 is 8.34 Å². The molecule has 0 aliphatic carbocycles. The topological polar surface area (TPSA) is 40.9 Å². The van der Waals surface area contributed by atoms with Crippen LogP contribution in [-0.2, 0) is 2.24 Å². The van der Waals surface area contributed by atoms with Crippen molar-refractivity contribution < 1.29 is 29.9 Å². The molecular weight excluding hydrogens is 279 g/mol. The van der Waals surface area contributed by atoms with Gasteiger partial charge in [0.05, 0.1) is 8.34 Å². The molecule has 4 heteroatoms. The van der Waals surface area contributed by atoms with Crippen LogP contribution in [0.1, 0.15) is 0 Å². The second-order valence-corrected chi connectivity index (χ2v) is 0.952. The first-order chi connectivity index (χ1) is 2.83. The van der Waals surface area contributed by atoms with Crippen molar-refractivity contribution in [1.29, 1.82) is 5.35 Å². The van der Waals surface area contributed by atoms with E-state index < -0.39 is 27.6 Å². The standard InChI is InChI=1S/BH2.HN.O.U/h1H2;1H;;/i1T2;;;. The van der Waals surface area contributed by atoms with E-state index in [1.165, 1.54) is 0 Å². The average molecular weight is 286 g/mol. The average Bonchev–Trinajstić information content (AvgIpc) is 1.39. The molecule has 21 valence electrons. The van der Waals surface area contributed by atoms with Gasteiger partial charge in [-0.25, -0.2) is 0 Å². The zero-order chi connectivity index (χ0) is 5.41. The summed E-state index contributed by atoms with van der Waals surface area (Å²) in [5.41, 5.74) is 0.